The maximum absolute atomic E-state index is 8.36. The summed E-state index contributed by atoms with van der Waals surface area (Å²) in [5.41, 5.74) is 3.17. The summed E-state index contributed by atoms with van der Waals surface area (Å²) in [5, 5.41) is 11.7. The van der Waals surface area contributed by atoms with E-state index in [4.69, 9.17) is 21.7 Å². The van der Waals surface area contributed by atoms with Crippen LogP contribution in [0.5, 0.6) is 5.75 Å². The van der Waals surface area contributed by atoms with Gasteiger partial charge in [0.2, 0.25) is 0 Å². The van der Waals surface area contributed by atoms with E-state index in [0.29, 0.717) is 27.7 Å². The van der Waals surface area contributed by atoms with Crippen molar-refractivity contribution in [3.8, 4) is 5.75 Å². The second-order valence-electron chi connectivity index (χ2n) is 5.19. The molecular formula is C18H16ClN5O. The van der Waals surface area contributed by atoms with Crippen LogP contribution in [-0.2, 0) is 0 Å². The Labute approximate surface area is 150 Å². The molecule has 0 saturated carbocycles. The summed E-state index contributed by atoms with van der Waals surface area (Å²) < 4.78 is 5.63. The van der Waals surface area contributed by atoms with Gasteiger partial charge in [-0.2, -0.15) is 0 Å². The number of halogens is 1. The first-order chi connectivity index (χ1) is 12.2. The summed E-state index contributed by atoms with van der Waals surface area (Å²) >= 11 is 5.96. The molecule has 0 spiro atoms. The van der Waals surface area contributed by atoms with Crippen LogP contribution in [0.2, 0.25) is 5.15 Å². The minimum atomic E-state index is 0.124. The maximum atomic E-state index is 8.36. The second kappa shape index (κ2) is 7.72. The highest BCUT2D eigenvalue weighted by Crippen LogP contribution is 2.21. The third kappa shape index (κ3) is 4.10. The average molecular weight is 354 g/mol. The van der Waals surface area contributed by atoms with Gasteiger partial charge in [-0.25, -0.2) is 4.98 Å². The molecule has 0 fully saturated rings. The molecular weight excluding hydrogens is 338 g/mol. The van der Waals surface area contributed by atoms with Gasteiger partial charge in [0.25, 0.3) is 0 Å². The Morgan fingerprint density at radius 3 is 2.80 bits per heavy atom. The lowest BCUT2D eigenvalue weighted by Crippen LogP contribution is -2.14. The predicted octanol–water partition coefficient (Wildman–Crippen LogP) is 3.34. The van der Waals surface area contributed by atoms with Crippen molar-refractivity contribution in [1.29, 1.82) is 5.41 Å². The highest BCUT2D eigenvalue weighted by Gasteiger charge is 2.11. The monoisotopic (exact) mass is 353 g/mol. The van der Waals surface area contributed by atoms with Crippen LogP contribution in [0.3, 0.4) is 0 Å². The fraction of sp³-hybridized carbons (Fsp3) is 0.111. The zero-order chi connectivity index (χ0) is 17.6. The predicted molar refractivity (Wildman–Crippen MR) is 99.0 cm³/mol. The molecule has 0 aliphatic carbocycles. The van der Waals surface area contributed by atoms with E-state index < -0.39 is 0 Å². The molecule has 3 aromatic rings. The van der Waals surface area contributed by atoms with Crippen molar-refractivity contribution in [2.45, 2.75) is 0 Å². The van der Waals surface area contributed by atoms with Gasteiger partial charge in [-0.05, 0) is 30.3 Å². The van der Waals surface area contributed by atoms with Gasteiger partial charge in [0.05, 0.1) is 16.7 Å². The molecule has 0 atom stereocenters. The Hall–Kier alpha value is -2.99. The number of hydrogen-bond acceptors (Lipinski definition) is 6. The lowest BCUT2D eigenvalue weighted by molar-refractivity contribution is 0.376. The Morgan fingerprint density at radius 1 is 1.24 bits per heavy atom. The van der Waals surface area contributed by atoms with E-state index >= 15 is 0 Å². The summed E-state index contributed by atoms with van der Waals surface area (Å²) in [4.78, 5) is 12.6. The Bertz CT molecular complexity index is 927. The molecule has 25 heavy (non-hydrogen) atoms. The van der Waals surface area contributed by atoms with Crippen LogP contribution in [0.4, 0.5) is 0 Å². The first-order valence-corrected chi connectivity index (χ1v) is 7.96. The average Bonchev–Trinajstić information content (AvgIpc) is 2.64. The Kier molecular flexibility index (Phi) is 5.20. The smallest absolute Gasteiger partial charge is 0.130 e. The van der Waals surface area contributed by atoms with Gasteiger partial charge in [-0.3, -0.25) is 9.97 Å². The van der Waals surface area contributed by atoms with Crippen molar-refractivity contribution in [2.24, 2.45) is 0 Å². The summed E-state index contributed by atoms with van der Waals surface area (Å²) in [7, 11) is 1.78. The van der Waals surface area contributed by atoms with Crippen LogP contribution in [0, 0.1) is 5.41 Å². The molecule has 0 aliphatic rings. The zero-order valence-electron chi connectivity index (χ0n) is 13.5. The molecule has 126 valence electrons. The number of pyridine rings is 3. The van der Waals surface area contributed by atoms with Crippen LogP contribution >= 0.6 is 11.6 Å². The molecule has 3 heterocycles. The molecule has 0 saturated heterocycles. The van der Waals surface area contributed by atoms with E-state index in [1.165, 1.54) is 0 Å². The number of ether oxygens (including phenoxy) is 1. The van der Waals surface area contributed by atoms with Gasteiger partial charge in [0.15, 0.2) is 0 Å². The van der Waals surface area contributed by atoms with Gasteiger partial charge in [0, 0.05) is 43.0 Å². The van der Waals surface area contributed by atoms with Crippen molar-refractivity contribution in [2.75, 3.05) is 13.7 Å². The fourth-order valence-electron chi connectivity index (χ4n) is 2.29. The van der Waals surface area contributed by atoms with Gasteiger partial charge in [-0.15, -0.1) is 0 Å². The largest absolute Gasteiger partial charge is 0.487 e. The standard InChI is InChI=1S/C18H16ClN5O/c1-21-10-14(15(20)11-25-13-4-6-22-7-5-13)12-8-17-16(23-9-12)2-3-18(19)24-17/h2-10,20-21H,11H2,1H3/b14-10-,20-15?. The first kappa shape index (κ1) is 16.9. The molecule has 3 aromatic heterocycles. The van der Waals surface area contributed by atoms with Crippen molar-refractivity contribution in [3.63, 3.8) is 0 Å². The van der Waals surface area contributed by atoms with Crippen LogP contribution in [0.25, 0.3) is 16.6 Å². The molecule has 0 unspecified atom stereocenters. The van der Waals surface area contributed by atoms with Gasteiger partial charge >= 0.3 is 0 Å². The SMILES string of the molecule is CN/C=C(\C(=N)COc1ccncc1)c1cnc2ccc(Cl)nc2c1. The first-order valence-electron chi connectivity index (χ1n) is 7.58. The van der Waals surface area contributed by atoms with E-state index in [2.05, 4.69) is 20.3 Å². The molecule has 0 bridgehead atoms. The summed E-state index contributed by atoms with van der Waals surface area (Å²) in [6.45, 7) is 0.124. The van der Waals surface area contributed by atoms with Crippen molar-refractivity contribution in [1.82, 2.24) is 20.3 Å². The molecule has 0 aliphatic heterocycles. The van der Waals surface area contributed by atoms with Gasteiger partial charge in [0.1, 0.15) is 17.5 Å². The highest BCUT2D eigenvalue weighted by molar-refractivity contribution is 6.29. The topological polar surface area (TPSA) is 83.8 Å². The number of nitrogens with one attached hydrogen (secondary N) is 2. The van der Waals surface area contributed by atoms with E-state index in [1.807, 2.05) is 12.1 Å². The number of rotatable bonds is 6. The lowest BCUT2D eigenvalue weighted by Gasteiger charge is -2.12. The third-order valence-corrected chi connectivity index (χ3v) is 3.67. The number of nitrogens with zero attached hydrogens (tertiary/aromatic N) is 3. The minimum Gasteiger partial charge on any atom is -0.487 e. The Morgan fingerprint density at radius 2 is 2.04 bits per heavy atom. The van der Waals surface area contributed by atoms with E-state index in [0.717, 1.165) is 11.1 Å². The number of fused-ring (bicyclic) bond motifs is 1. The van der Waals surface area contributed by atoms with Crippen LogP contribution in [-0.4, -0.2) is 34.3 Å². The Balaban J connectivity index is 1.85. The molecule has 7 heteroatoms. The highest BCUT2D eigenvalue weighted by atomic mass is 35.5. The number of aromatic nitrogens is 3. The molecule has 2 N–H and O–H groups in total. The molecule has 0 aromatic carbocycles. The van der Waals surface area contributed by atoms with Gasteiger partial charge in [-0.1, -0.05) is 11.6 Å². The van der Waals surface area contributed by atoms with Crippen molar-refractivity contribution >= 4 is 33.9 Å². The number of hydrogen-bond donors (Lipinski definition) is 2. The fourth-order valence-corrected chi connectivity index (χ4v) is 2.44. The van der Waals surface area contributed by atoms with E-state index in [1.54, 1.807) is 50.0 Å². The second-order valence-corrected chi connectivity index (χ2v) is 5.58. The summed E-state index contributed by atoms with van der Waals surface area (Å²) in [5.74, 6) is 0.661. The van der Waals surface area contributed by atoms with E-state index in [-0.39, 0.29) is 6.61 Å². The van der Waals surface area contributed by atoms with Crippen molar-refractivity contribution in [3.05, 3.63) is 65.8 Å². The van der Waals surface area contributed by atoms with Crippen LogP contribution < -0.4 is 10.1 Å². The van der Waals surface area contributed by atoms with Crippen LogP contribution in [0.15, 0.2) is 55.1 Å². The zero-order valence-corrected chi connectivity index (χ0v) is 14.3. The van der Waals surface area contributed by atoms with Crippen molar-refractivity contribution < 1.29 is 4.74 Å². The van der Waals surface area contributed by atoms with Gasteiger partial charge < -0.3 is 15.5 Å². The molecule has 0 amide bonds. The maximum Gasteiger partial charge on any atom is 0.130 e. The summed E-state index contributed by atoms with van der Waals surface area (Å²) in [6.07, 6.45) is 6.74. The molecule has 3 rings (SSSR count). The normalized spacial score (nSPS) is 11.4. The van der Waals surface area contributed by atoms with E-state index in [9.17, 15) is 0 Å². The van der Waals surface area contributed by atoms with Crippen LogP contribution in [0.1, 0.15) is 5.56 Å². The molecule has 6 nitrogen and oxygen atoms in total. The lowest BCUT2D eigenvalue weighted by atomic mass is 10.0. The quantitative estimate of drug-likeness (QED) is 0.524. The summed E-state index contributed by atoms with van der Waals surface area (Å²) in [6, 6.07) is 8.87. The molecule has 0 radical (unpaired) electrons. The third-order valence-electron chi connectivity index (χ3n) is 3.46. The minimum absolute atomic E-state index is 0.124.